The van der Waals surface area contributed by atoms with Crippen molar-refractivity contribution in [2.75, 3.05) is 39.4 Å². The van der Waals surface area contributed by atoms with Gasteiger partial charge in [0.05, 0.1) is 18.8 Å². The van der Waals surface area contributed by atoms with Crippen molar-refractivity contribution in [2.24, 2.45) is 4.99 Å². The van der Waals surface area contributed by atoms with Crippen LogP contribution in [0.5, 0.6) is 5.88 Å². The minimum absolute atomic E-state index is 0.0719. The van der Waals surface area contributed by atoms with E-state index in [-0.39, 0.29) is 11.7 Å². The van der Waals surface area contributed by atoms with Crippen LogP contribution in [0.3, 0.4) is 0 Å². The van der Waals surface area contributed by atoms with E-state index in [9.17, 15) is 18.0 Å². The number of hydrogen-bond donors (Lipinski definition) is 2. The molecule has 1 amide bonds. The molecule has 2 aromatic rings. The molecule has 1 aromatic carbocycles. The molecule has 4 heterocycles. The third-order valence-electron chi connectivity index (χ3n) is 6.83. The average molecular weight is 516 g/mol. The molecule has 1 atom stereocenters. The fraction of sp³-hybridized carbons (Fsp3) is 0.423. The summed E-state index contributed by atoms with van der Waals surface area (Å²) in [5.41, 5.74) is 0.493. The van der Waals surface area contributed by atoms with Gasteiger partial charge in [-0.1, -0.05) is 6.07 Å². The summed E-state index contributed by atoms with van der Waals surface area (Å²) >= 11 is 0. The van der Waals surface area contributed by atoms with Crippen LogP contribution in [0.4, 0.5) is 13.2 Å². The van der Waals surface area contributed by atoms with Gasteiger partial charge in [-0.15, -0.1) is 0 Å². The average Bonchev–Trinajstić information content (AvgIpc) is 2.88. The van der Waals surface area contributed by atoms with Gasteiger partial charge < -0.3 is 20.1 Å². The van der Waals surface area contributed by atoms with Crippen molar-refractivity contribution in [2.45, 2.75) is 31.3 Å². The molecule has 196 valence electrons. The van der Waals surface area contributed by atoms with Crippen LogP contribution in [-0.2, 0) is 10.9 Å². The molecule has 0 saturated carbocycles. The van der Waals surface area contributed by atoms with Crippen molar-refractivity contribution in [1.29, 1.82) is 0 Å². The first-order valence-corrected chi connectivity index (χ1v) is 12.1. The molecule has 2 N–H and O–H groups in total. The third kappa shape index (κ3) is 5.53. The normalized spacial score (nSPS) is 23.0. The Morgan fingerprint density at radius 3 is 2.65 bits per heavy atom. The van der Waals surface area contributed by atoms with E-state index in [2.05, 4.69) is 20.6 Å². The number of amides is 1. The number of rotatable bonds is 6. The Morgan fingerprint density at radius 2 is 2.00 bits per heavy atom. The third-order valence-corrected chi connectivity index (χ3v) is 6.83. The van der Waals surface area contributed by atoms with Crippen LogP contribution in [-0.4, -0.2) is 73.2 Å². The number of alkyl halides is 3. The van der Waals surface area contributed by atoms with E-state index in [0.717, 1.165) is 42.1 Å². The van der Waals surface area contributed by atoms with Gasteiger partial charge in [-0.05, 0) is 42.3 Å². The van der Waals surface area contributed by atoms with Crippen LogP contribution in [0.1, 0.15) is 34.8 Å². The van der Waals surface area contributed by atoms with Crippen LogP contribution in [0, 0.1) is 0 Å². The van der Waals surface area contributed by atoms with Gasteiger partial charge in [0.1, 0.15) is 11.8 Å². The number of morpholine rings is 1. The number of benzene rings is 1. The Morgan fingerprint density at radius 1 is 1.22 bits per heavy atom. The zero-order valence-electron chi connectivity index (χ0n) is 20.3. The SMILES string of the molecule is CC1=C(c2ccc(OC3CNC3)nc2)CC(NC(=O)c2cccc(C(F)(F)F)c2)(N2CCOCC2)C=N1. The monoisotopic (exact) mass is 515 g/mol. The van der Waals surface area contributed by atoms with Gasteiger partial charge >= 0.3 is 6.18 Å². The molecule has 5 rings (SSSR count). The summed E-state index contributed by atoms with van der Waals surface area (Å²) in [6.07, 6.45) is -0.674. The predicted molar refractivity (Wildman–Crippen MR) is 131 cm³/mol. The lowest BCUT2D eigenvalue weighted by molar-refractivity contribution is -0.137. The quantitative estimate of drug-likeness (QED) is 0.615. The first-order chi connectivity index (χ1) is 17.7. The Kier molecular flexibility index (Phi) is 7.02. The van der Waals surface area contributed by atoms with Crippen LogP contribution < -0.4 is 15.4 Å². The highest BCUT2D eigenvalue weighted by Crippen LogP contribution is 2.35. The van der Waals surface area contributed by atoms with Crippen LogP contribution in [0.25, 0.3) is 5.57 Å². The Bertz CT molecular complexity index is 1200. The molecule has 1 unspecified atom stereocenters. The zero-order valence-corrected chi connectivity index (χ0v) is 20.3. The van der Waals surface area contributed by atoms with Gasteiger partial charge in [-0.25, -0.2) is 4.98 Å². The maximum Gasteiger partial charge on any atom is 0.416 e. The van der Waals surface area contributed by atoms with Crippen molar-refractivity contribution in [3.8, 4) is 5.88 Å². The molecule has 37 heavy (non-hydrogen) atoms. The van der Waals surface area contributed by atoms with Crippen molar-refractivity contribution in [3.05, 3.63) is 65.0 Å². The molecular formula is C26H28F3N5O3. The van der Waals surface area contributed by atoms with Crippen molar-refractivity contribution < 1.29 is 27.4 Å². The van der Waals surface area contributed by atoms with Crippen molar-refractivity contribution >= 4 is 17.7 Å². The lowest BCUT2D eigenvalue weighted by Gasteiger charge is -2.45. The molecule has 0 radical (unpaired) electrons. The van der Waals surface area contributed by atoms with Gasteiger partial charge in [0.2, 0.25) is 5.88 Å². The van der Waals surface area contributed by atoms with Crippen LogP contribution in [0.2, 0.25) is 0 Å². The van der Waals surface area contributed by atoms with Gasteiger partial charge in [0, 0.05) is 62.3 Å². The molecule has 2 saturated heterocycles. The first kappa shape index (κ1) is 25.4. The number of ether oxygens (including phenoxy) is 2. The number of nitrogens with zero attached hydrogens (tertiary/aromatic N) is 3. The second-order valence-corrected chi connectivity index (χ2v) is 9.34. The zero-order chi connectivity index (χ0) is 26.0. The van der Waals surface area contributed by atoms with Crippen LogP contribution in [0.15, 0.2) is 53.3 Å². The summed E-state index contributed by atoms with van der Waals surface area (Å²) in [7, 11) is 0. The number of aromatic nitrogens is 1. The number of carbonyl (C=O) groups excluding carboxylic acids is 1. The Hall–Kier alpha value is -3.28. The van der Waals surface area contributed by atoms with E-state index in [4.69, 9.17) is 9.47 Å². The van der Waals surface area contributed by atoms with Gasteiger partial charge in [0.25, 0.3) is 5.91 Å². The molecule has 0 bridgehead atoms. The number of aliphatic imine (C=N–C) groups is 1. The van der Waals surface area contributed by atoms with Gasteiger partial charge in [0.15, 0.2) is 0 Å². The summed E-state index contributed by atoms with van der Waals surface area (Å²) in [4.78, 5) is 24.4. The van der Waals surface area contributed by atoms with Crippen molar-refractivity contribution in [3.63, 3.8) is 0 Å². The fourth-order valence-electron chi connectivity index (χ4n) is 4.60. The maximum absolute atomic E-state index is 13.3. The summed E-state index contributed by atoms with van der Waals surface area (Å²) in [6, 6.07) is 8.14. The molecule has 3 aliphatic rings. The van der Waals surface area contributed by atoms with E-state index in [0.29, 0.717) is 38.6 Å². The predicted octanol–water partition coefficient (Wildman–Crippen LogP) is 3.12. The van der Waals surface area contributed by atoms with Crippen molar-refractivity contribution in [1.82, 2.24) is 20.5 Å². The minimum Gasteiger partial charge on any atom is -0.472 e. The number of nitrogens with one attached hydrogen (secondary N) is 2. The number of allylic oxidation sites excluding steroid dienone is 1. The second kappa shape index (κ2) is 10.2. The molecule has 3 aliphatic heterocycles. The highest BCUT2D eigenvalue weighted by molar-refractivity contribution is 5.98. The smallest absolute Gasteiger partial charge is 0.416 e. The molecule has 8 nitrogen and oxygen atoms in total. The molecule has 2 fully saturated rings. The highest BCUT2D eigenvalue weighted by atomic mass is 19.4. The highest BCUT2D eigenvalue weighted by Gasteiger charge is 2.41. The number of hydrogen-bond acceptors (Lipinski definition) is 7. The molecule has 11 heteroatoms. The number of halogens is 3. The molecule has 0 aliphatic carbocycles. The maximum atomic E-state index is 13.3. The van der Waals surface area contributed by atoms with E-state index in [1.165, 1.54) is 12.1 Å². The summed E-state index contributed by atoms with van der Waals surface area (Å²) in [6.45, 7) is 5.46. The summed E-state index contributed by atoms with van der Waals surface area (Å²) in [5, 5.41) is 6.15. The lowest BCUT2D eigenvalue weighted by Crippen LogP contribution is -2.65. The van der Waals surface area contributed by atoms with Gasteiger partial charge in [-0.3, -0.25) is 14.7 Å². The van der Waals surface area contributed by atoms with E-state index in [1.54, 1.807) is 12.4 Å². The molecule has 1 aromatic heterocycles. The fourth-order valence-corrected chi connectivity index (χ4v) is 4.60. The number of pyridine rings is 1. The first-order valence-electron chi connectivity index (χ1n) is 12.1. The van der Waals surface area contributed by atoms with Gasteiger partial charge in [-0.2, -0.15) is 13.2 Å². The topological polar surface area (TPSA) is 88.1 Å². The Balaban J connectivity index is 1.42. The van der Waals surface area contributed by atoms with Crippen LogP contribution >= 0.6 is 0 Å². The number of carbonyl (C=O) groups is 1. The second-order valence-electron chi connectivity index (χ2n) is 9.34. The molecular weight excluding hydrogens is 487 g/mol. The standard InChI is InChI=1S/C26H28F3N5O3/c1-17-22(19-5-6-23(31-13-19)37-21-14-30-15-21)12-25(16-32-17,34-7-9-36-10-8-34)33-24(35)18-3-2-4-20(11-18)26(27,28)29/h2-6,11,13,16,21,30H,7-10,12,14-15H2,1H3,(H,33,35). The molecule has 0 spiro atoms. The minimum atomic E-state index is -4.55. The van der Waals surface area contributed by atoms with E-state index in [1.807, 2.05) is 24.0 Å². The van der Waals surface area contributed by atoms with E-state index >= 15 is 0 Å². The summed E-state index contributed by atoms with van der Waals surface area (Å²) < 4.78 is 51.1. The van der Waals surface area contributed by atoms with E-state index < -0.39 is 23.3 Å². The summed E-state index contributed by atoms with van der Waals surface area (Å²) in [5.74, 6) is -0.0796. The lowest BCUT2D eigenvalue weighted by atomic mass is 9.90. The Labute approximate surface area is 212 Å². The largest absolute Gasteiger partial charge is 0.472 e.